The Kier molecular flexibility index (Phi) is 2.85. The van der Waals surface area contributed by atoms with Crippen molar-refractivity contribution in [3.63, 3.8) is 0 Å². The predicted molar refractivity (Wildman–Crippen MR) is 64.9 cm³/mol. The van der Waals surface area contributed by atoms with Gasteiger partial charge in [0.25, 0.3) is 5.56 Å². The zero-order chi connectivity index (χ0) is 12.6. The molecule has 88 valence electrons. The van der Waals surface area contributed by atoms with Gasteiger partial charge in [-0.25, -0.2) is 4.79 Å². The molecule has 0 atom stereocenters. The third kappa shape index (κ3) is 1.78. The van der Waals surface area contributed by atoms with Gasteiger partial charge < -0.3 is 4.98 Å². The van der Waals surface area contributed by atoms with E-state index in [4.69, 9.17) is 11.6 Å². The third-order valence-corrected chi connectivity index (χ3v) is 2.81. The molecule has 0 aliphatic carbocycles. The molecule has 1 aromatic heterocycles. The van der Waals surface area contributed by atoms with E-state index in [2.05, 4.69) is 4.98 Å². The van der Waals surface area contributed by atoms with Gasteiger partial charge in [-0.3, -0.25) is 14.2 Å². The highest BCUT2D eigenvalue weighted by atomic mass is 35.5. The Hall–Kier alpha value is -1.88. The summed E-state index contributed by atoms with van der Waals surface area (Å²) in [4.78, 5) is 36.7. The molecular weight excluding hydrogens is 244 g/mol. The van der Waals surface area contributed by atoms with Crippen LogP contribution in [0.5, 0.6) is 0 Å². The van der Waals surface area contributed by atoms with Crippen LogP contribution in [0.1, 0.15) is 17.3 Å². The lowest BCUT2D eigenvalue weighted by molar-refractivity contribution is 0.112. The van der Waals surface area contributed by atoms with E-state index in [-0.39, 0.29) is 22.5 Å². The highest BCUT2D eigenvalue weighted by Gasteiger charge is 2.10. The number of aromatic amines is 1. The summed E-state index contributed by atoms with van der Waals surface area (Å²) >= 11 is 5.93. The van der Waals surface area contributed by atoms with Crippen molar-refractivity contribution >= 4 is 28.8 Å². The number of H-pyrrole nitrogens is 1. The van der Waals surface area contributed by atoms with Crippen molar-refractivity contribution in [2.45, 2.75) is 13.5 Å². The molecule has 1 aromatic carbocycles. The van der Waals surface area contributed by atoms with Crippen LogP contribution in [-0.4, -0.2) is 15.8 Å². The molecule has 6 heteroatoms. The number of rotatable bonds is 2. The Morgan fingerprint density at radius 2 is 2.12 bits per heavy atom. The lowest BCUT2D eigenvalue weighted by atomic mass is 10.1. The number of carbonyl (C=O) groups excluding carboxylic acids is 1. The van der Waals surface area contributed by atoms with Gasteiger partial charge in [0.15, 0.2) is 0 Å². The lowest BCUT2D eigenvalue weighted by Crippen LogP contribution is -2.34. The van der Waals surface area contributed by atoms with Gasteiger partial charge >= 0.3 is 5.69 Å². The van der Waals surface area contributed by atoms with Crippen molar-refractivity contribution < 1.29 is 4.79 Å². The van der Waals surface area contributed by atoms with E-state index in [1.54, 1.807) is 6.92 Å². The van der Waals surface area contributed by atoms with Crippen molar-refractivity contribution in [1.29, 1.82) is 0 Å². The van der Waals surface area contributed by atoms with Crippen LogP contribution >= 0.6 is 11.6 Å². The number of hydrogen-bond donors (Lipinski definition) is 1. The van der Waals surface area contributed by atoms with Gasteiger partial charge in [0.2, 0.25) is 0 Å². The quantitative estimate of drug-likeness (QED) is 0.816. The first-order valence-electron chi connectivity index (χ1n) is 5.00. The number of hydrogen-bond acceptors (Lipinski definition) is 3. The van der Waals surface area contributed by atoms with Gasteiger partial charge in [-0.1, -0.05) is 11.6 Å². The summed E-state index contributed by atoms with van der Waals surface area (Å²) < 4.78 is 1.05. The van der Waals surface area contributed by atoms with E-state index in [0.29, 0.717) is 11.8 Å². The van der Waals surface area contributed by atoms with Crippen LogP contribution in [0.4, 0.5) is 0 Å². The number of aromatic nitrogens is 2. The molecule has 5 nitrogen and oxygen atoms in total. The second-order valence-corrected chi connectivity index (χ2v) is 3.93. The molecule has 0 spiro atoms. The summed E-state index contributed by atoms with van der Waals surface area (Å²) in [6.45, 7) is 1.95. The maximum atomic E-state index is 12.0. The summed E-state index contributed by atoms with van der Waals surface area (Å²) in [5, 5.41) is 0.381. The zero-order valence-electron chi connectivity index (χ0n) is 8.99. The van der Waals surface area contributed by atoms with Gasteiger partial charge in [-0.2, -0.15) is 0 Å². The first-order chi connectivity index (χ1) is 8.08. The minimum Gasteiger partial charge on any atom is -0.307 e. The second-order valence-electron chi connectivity index (χ2n) is 3.52. The molecule has 0 radical (unpaired) electrons. The van der Waals surface area contributed by atoms with Crippen LogP contribution in [0.15, 0.2) is 21.7 Å². The van der Waals surface area contributed by atoms with E-state index in [1.807, 2.05) is 0 Å². The zero-order valence-corrected chi connectivity index (χ0v) is 9.75. The van der Waals surface area contributed by atoms with Gasteiger partial charge in [0.05, 0.1) is 15.9 Å². The molecule has 0 unspecified atom stereocenters. The van der Waals surface area contributed by atoms with Crippen molar-refractivity contribution in [2.75, 3.05) is 0 Å². The largest absolute Gasteiger partial charge is 0.328 e. The Labute approximate surface area is 101 Å². The number of benzene rings is 1. The maximum Gasteiger partial charge on any atom is 0.328 e. The van der Waals surface area contributed by atoms with E-state index in [1.165, 1.54) is 12.1 Å². The van der Waals surface area contributed by atoms with Crippen LogP contribution in [0, 0.1) is 0 Å². The highest BCUT2D eigenvalue weighted by molar-refractivity contribution is 6.35. The summed E-state index contributed by atoms with van der Waals surface area (Å²) in [6.07, 6.45) is 0.606. The predicted octanol–water partition coefficient (Wildman–Crippen LogP) is 1.18. The summed E-state index contributed by atoms with van der Waals surface area (Å²) in [6, 6.07) is 2.83. The Morgan fingerprint density at radius 1 is 1.41 bits per heavy atom. The summed E-state index contributed by atoms with van der Waals surface area (Å²) in [5.74, 6) is 0. The number of halogens is 1. The molecule has 17 heavy (non-hydrogen) atoms. The number of fused-ring (bicyclic) bond motifs is 1. The molecular formula is C11H9ClN2O3. The van der Waals surface area contributed by atoms with Crippen LogP contribution in [0.2, 0.25) is 5.02 Å². The average Bonchev–Trinajstić information content (AvgIpc) is 2.28. The number of nitrogens with one attached hydrogen (secondary N) is 1. The van der Waals surface area contributed by atoms with Gasteiger partial charge in [0.1, 0.15) is 6.29 Å². The number of carbonyl (C=O) groups is 1. The van der Waals surface area contributed by atoms with Crippen molar-refractivity contribution in [3.8, 4) is 0 Å². The van der Waals surface area contributed by atoms with Gasteiger partial charge in [0, 0.05) is 12.1 Å². The molecule has 0 bridgehead atoms. The van der Waals surface area contributed by atoms with Gasteiger partial charge in [-0.05, 0) is 19.1 Å². The van der Waals surface area contributed by atoms with E-state index < -0.39 is 11.2 Å². The smallest absolute Gasteiger partial charge is 0.307 e. The molecule has 0 aliphatic heterocycles. The topological polar surface area (TPSA) is 71.9 Å². The average molecular weight is 253 g/mol. The van der Waals surface area contributed by atoms with Gasteiger partial charge in [-0.15, -0.1) is 0 Å². The van der Waals surface area contributed by atoms with Crippen LogP contribution in [0.3, 0.4) is 0 Å². The van der Waals surface area contributed by atoms with E-state index >= 15 is 0 Å². The van der Waals surface area contributed by atoms with Crippen LogP contribution in [-0.2, 0) is 6.54 Å². The third-order valence-electron chi connectivity index (χ3n) is 2.51. The Bertz CT molecular complexity index is 715. The van der Waals surface area contributed by atoms with Crippen molar-refractivity contribution in [3.05, 3.63) is 43.6 Å². The molecule has 0 saturated carbocycles. The van der Waals surface area contributed by atoms with Crippen molar-refractivity contribution in [2.24, 2.45) is 0 Å². The summed E-state index contributed by atoms with van der Waals surface area (Å²) in [7, 11) is 0. The number of nitrogens with zero attached hydrogens (tertiary/aromatic N) is 1. The molecule has 0 fully saturated rings. The van der Waals surface area contributed by atoms with Crippen LogP contribution < -0.4 is 11.2 Å². The monoisotopic (exact) mass is 252 g/mol. The van der Waals surface area contributed by atoms with E-state index in [0.717, 1.165) is 4.57 Å². The molecule has 1 N–H and O–H groups in total. The fourth-order valence-electron chi connectivity index (χ4n) is 1.71. The number of aldehydes is 1. The van der Waals surface area contributed by atoms with Crippen LogP contribution in [0.25, 0.3) is 10.9 Å². The summed E-state index contributed by atoms with van der Waals surface area (Å²) in [5.41, 5.74) is -0.371. The minimum absolute atomic E-state index is 0.160. The Morgan fingerprint density at radius 3 is 2.71 bits per heavy atom. The molecule has 0 aliphatic rings. The molecule has 0 saturated heterocycles. The minimum atomic E-state index is -0.510. The van der Waals surface area contributed by atoms with Crippen molar-refractivity contribution in [1.82, 2.24) is 9.55 Å². The SMILES string of the molecule is CCn1c(=O)[nH]c2cc(C=O)cc(Cl)c2c1=O. The lowest BCUT2D eigenvalue weighted by Gasteiger charge is -2.05. The molecule has 1 heterocycles. The normalized spacial score (nSPS) is 10.7. The van der Waals surface area contributed by atoms with E-state index in [9.17, 15) is 14.4 Å². The maximum absolute atomic E-state index is 12.0. The highest BCUT2D eigenvalue weighted by Crippen LogP contribution is 2.19. The first kappa shape index (κ1) is 11.6. The fourth-order valence-corrected chi connectivity index (χ4v) is 2.02. The standard InChI is InChI=1S/C11H9ClN2O3/c1-2-14-10(16)9-7(12)3-6(5-15)4-8(9)13-11(14)17/h3-5H,2H2,1H3,(H,13,17). The fraction of sp³-hybridized carbons (Fsp3) is 0.182. The molecule has 2 rings (SSSR count). The Balaban J connectivity index is 3.02. The first-order valence-corrected chi connectivity index (χ1v) is 5.37. The molecule has 0 amide bonds. The molecule has 2 aromatic rings. The second kappa shape index (κ2) is 4.18.